The zero-order chi connectivity index (χ0) is 9.56. The Hall–Kier alpha value is -0.613. The molecule has 3 nitrogen and oxygen atoms in total. The van der Waals surface area contributed by atoms with Crippen LogP contribution in [0.5, 0.6) is 0 Å². The monoisotopic (exact) mass is 188 g/mol. The minimum Gasteiger partial charge on any atom is -0.462 e. The molecule has 0 radical (unpaired) electrons. The summed E-state index contributed by atoms with van der Waals surface area (Å²) >= 11 is 0. The first-order chi connectivity index (χ1) is 5.54. The normalized spacial score (nSPS) is 12.2. The van der Waals surface area contributed by atoms with Crippen molar-refractivity contribution in [3.63, 3.8) is 0 Å². The number of hydrogen-bond acceptors (Lipinski definition) is 3. The molecular formula is C8H16O3Si. The molecule has 0 aliphatic rings. The van der Waals surface area contributed by atoms with E-state index in [1.165, 1.54) is 0 Å². The second-order valence-corrected chi connectivity index (χ2v) is 5.18. The van der Waals surface area contributed by atoms with Gasteiger partial charge in [0.25, 0.3) is 0 Å². The molecule has 0 fully saturated rings. The molecule has 0 spiro atoms. The van der Waals surface area contributed by atoms with Gasteiger partial charge in [-0.05, 0) is 25.9 Å². The van der Waals surface area contributed by atoms with E-state index in [1.54, 1.807) is 6.92 Å². The minimum atomic E-state index is -1.47. The summed E-state index contributed by atoms with van der Waals surface area (Å²) in [5, 5.41) is 0. The zero-order valence-corrected chi connectivity index (χ0v) is 8.82. The molecule has 0 rings (SSSR count). The third kappa shape index (κ3) is 6.12. The van der Waals surface area contributed by atoms with Crippen LogP contribution >= 0.6 is 0 Å². The maximum absolute atomic E-state index is 10.8. The maximum Gasteiger partial charge on any atom is 0.333 e. The zero-order valence-electron chi connectivity index (χ0n) is 7.67. The first-order valence-electron chi connectivity index (χ1n) is 4.04. The molecule has 0 aromatic carbocycles. The Morgan fingerprint density at radius 1 is 1.67 bits per heavy atom. The number of rotatable bonds is 5. The molecule has 0 aromatic heterocycles. The van der Waals surface area contributed by atoms with E-state index < -0.39 is 9.04 Å². The molecule has 0 bridgehead atoms. The van der Waals surface area contributed by atoms with Crippen molar-refractivity contribution in [3.8, 4) is 0 Å². The summed E-state index contributed by atoms with van der Waals surface area (Å²) in [6.45, 7) is 7.31. The molecule has 70 valence electrons. The fraction of sp³-hybridized carbons (Fsp3) is 0.625. The van der Waals surface area contributed by atoms with E-state index in [0.717, 1.165) is 12.5 Å². The van der Waals surface area contributed by atoms with Gasteiger partial charge in [0.05, 0.1) is 6.61 Å². The lowest BCUT2D eigenvalue weighted by molar-refractivity contribution is -0.138. The van der Waals surface area contributed by atoms with Gasteiger partial charge < -0.3 is 9.53 Å². The number of carbonyl (C=O) groups excluding carboxylic acids is 1. The van der Waals surface area contributed by atoms with E-state index in [-0.39, 0.29) is 5.97 Å². The van der Waals surface area contributed by atoms with Crippen LogP contribution < -0.4 is 0 Å². The lowest BCUT2D eigenvalue weighted by atomic mass is 10.4. The quantitative estimate of drug-likeness (QED) is 0.301. The molecule has 0 saturated heterocycles. The molecule has 1 unspecified atom stereocenters. The van der Waals surface area contributed by atoms with Gasteiger partial charge in [0.15, 0.2) is 9.04 Å². The highest BCUT2D eigenvalue weighted by atomic mass is 28.3. The summed E-state index contributed by atoms with van der Waals surface area (Å²) in [7, 11) is -1.47. The van der Waals surface area contributed by atoms with Crippen molar-refractivity contribution in [1.82, 2.24) is 0 Å². The Labute approximate surface area is 74.8 Å². The molecule has 12 heavy (non-hydrogen) atoms. The van der Waals surface area contributed by atoms with Crippen LogP contribution in [0.1, 0.15) is 13.3 Å². The van der Waals surface area contributed by atoms with Gasteiger partial charge in [-0.25, -0.2) is 4.79 Å². The molecule has 0 aliphatic heterocycles. The molecule has 1 N–H and O–H groups in total. The van der Waals surface area contributed by atoms with E-state index >= 15 is 0 Å². The largest absolute Gasteiger partial charge is 0.462 e. The highest BCUT2D eigenvalue weighted by Gasteiger charge is 2.03. The van der Waals surface area contributed by atoms with E-state index in [9.17, 15) is 4.79 Å². The van der Waals surface area contributed by atoms with Crippen molar-refractivity contribution < 1.29 is 14.3 Å². The van der Waals surface area contributed by atoms with Crippen LogP contribution in [0.2, 0.25) is 12.6 Å². The predicted octanol–water partition coefficient (Wildman–Crippen LogP) is 0.842. The first kappa shape index (κ1) is 11.4. The van der Waals surface area contributed by atoms with E-state index in [2.05, 4.69) is 6.58 Å². The number of esters is 1. The molecule has 0 aliphatic carbocycles. The maximum atomic E-state index is 10.8. The molecule has 0 heterocycles. The second kappa shape index (κ2) is 5.96. The molecule has 4 heteroatoms. The van der Waals surface area contributed by atoms with Crippen LogP contribution in [0.3, 0.4) is 0 Å². The molecule has 0 aromatic rings. The van der Waals surface area contributed by atoms with Crippen molar-refractivity contribution >= 4 is 15.0 Å². The summed E-state index contributed by atoms with van der Waals surface area (Å²) in [5.74, 6) is -0.345. The van der Waals surface area contributed by atoms with Gasteiger partial charge in [-0.2, -0.15) is 0 Å². The van der Waals surface area contributed by atoms with Crippen molar-refractivity contribution in [1.29, 1.82) is 0 Å². The van der Waals surface area contributed by atoms with Gasteiger partial charge in [-0.15, -0.1) is 0 Å². The standard InChI is InChI=1S/C8H16O3Si/c1-7(2)8(9)11-5-4-6-12(3)10/h10,12H,1,4-6H2,2-3H3. The van der Waals surface area contributed by atoms with Crippen molar-refractivity contribution in [2.45, 2.75) is 25.9 Å². The smallest absolute Gasteiger partial charge is 0.333 e. The average molecular weight is 188 g/mol. The summed E-state index contributed by atoms with van der Waals surface area (Å²) < 4.78 is 4.83. The van der Waals surface area contributed by atoms with Gasteiger partial charge in [-0.1, -0.05) is 6.58 Å². The lowest BCUT2D eigenvalue weighted by Gasteiger charge is -2.04. The SMILES string of the molecule is C=C(C)C(=O)OCCC[SiH](C)O. The third-order valence-electron chi connectivity index (χ3n) is 1.35. The average Bonchev–Trinajstić information content (AvgIpc) is 1.97. The number of hydrogen-bond donors (Lipinski definition) is 1. The lowest BCUT2D eigenvalue weighted by Crippen LogP contribution is -2.10. The van der Waals surface area contributed by atoms with Crippen LogP contribution in [0, 0.1) is 0 Å². The van der Waals surface area contributed by atoms with Crippen molar-refractivity contribution in [2.75, 3.05) is 6.61 Å². The highest BCUT2D eigenvalue weighted by molar-refractivity contribution is 6.48. The van der Waals surface area contributed by atoms with Crippen molar-refractivity contribution in [2.24, 2.45) is 0 Å². The fourth-order valence-electron chi connectivity index (χ4n) is 0.667. The van der Waals surface area contributed by atoms with Crippen LogP contribution in [-0.4, -0.2) is 26.4 Å². The topological polar surface area (TPSA) is 46.5 Å². The Morgan fingerprint density at radius 3 is 2.67 bits per heavy atom. The Kier molecular flexibility index (Phi) is 5.66. The van der Waals surface area contributed by atoms with Gasteiger partial charge in [0, 0.05) is 5.57 Å². The van der Waals surface area contributed by atoms with Crippen LogP contribution in [0.4, 0.5) is 0 Å². The van der Waals surface area contributed by atoms with E-state index in [4.69, 9.17) is 9.53 Å². The van der Waals surface area contributed by atoms with Gasteiger partial charge >= 0.3 is 5.97 Å². The van der Waals surface area contributed by atoms with Crippen LogP contribution in [-0.2, 0) is 9.53 Å². The molecule has 0 saturated carbocycles. The summed E-state index contributed by atoms with van der Waals surface area (Å²) in [5.41, 5.74) is 0.421. The summed E-state index contributed by atoms with van der Waals surface area (Å²) in [6.07, 6.45) is 0.753. The highest BCUT2D eigenvalue weighted by Crippen LogP contribution is 1.98. The third-order valence-corrected chi connectivity index (χ3v) is 2.59. The Morgan fingerprint density at radius 2 is 2.25 bits per heavy atom. The van der Waals surface area contributed by atoms with E-state index in [0.29, 0.717) is 12.2 Å². The van der Waals surface area contributed by atoms with Crippen molar-refractivity contribution in [3.05, 3.63) is 12.2 Å². The summed E-state index contributed by atoms with van der Waals surface area (Å²) in [4.78, 5) is 19.8. The second-order valence-electron chi connectivity index (χ2n) is 2.91. The molecular weight excluding hydrogens is 172 g/mol. The van der Waals surface area contributed by atoms with Gasteiger partial charge in [0.1, 0.15) is 0 Å². The molecule has 0 amide bonds. The van der Waals surface area contributed by atoms with Crippen LogP contribution in [0.15, 0.2) is 12.2 Å². The van der Waals surface area contributed by atoms with Gasteiger partial charge in [0.2, 0.25) is 0 Å². The minimum absolute atomic E-state index is 0.345. The van der Waals surface area contributed by atoms with Gasteiger partial charge in [-0.3, -0.25) is 0 Å². The molecule has 1 atom stereocenters. The fourth-order valence-corrected chi connectivity index (χ4v) is 1.42. The van der Waals surface area contributed by atoms with Crippen LogP contribution in [0.25, 0.3) is 0 Å². The summed E-state index contributed by atoms with van der Waals surface area (Å²) in [6, 6.07) is 0.795. The van der Waals surface area contributed by atoms with E-state index in [1.807, 2.05) is 6.55 Å². The predicted molar refractivity (Wildman–Crippen MR) is 50.4 cm³/mol. The number of carbonyl (C=O) groups is 1. The first-order valence-corrected chi connectivity index (χ1v) is 6.53. The Bertz CT molecular complexity index is 166. The Balaban J connectivity index is 3.32. The number of ether oxygens (including phenoxy) is 1.